The first-order valence-corrected chi connectivity index (χ1v) is 6.28. The maximum Gasteiger partial charge on any atom is 0.155 e. The summed E-state index contributed by atoms with van der Waals surface area (Å²) in [5.41, 5.74) is 1.28. The van der Waals surface area contributed by atoms with Crippen LogP contribution in [0.2, 0.25) is 0 Å². The van der Waals surface area contributed by atoms with E-state index < -0.39 is 0 Å². The van der Waals surface area contributed by atoms with Crippen molar-refractivity contribution in [1.82, 2.24) is 0 Å². The van der Waals surface area contributed by atoms with E-state index in [4.69, 9.17) is 4.74 Å². The SMILES string of the molecule is CC[N+]1(CC)CC(OCc2ccccc2)C1.[Cl-]. The summed E-state index contributed by atoms with van der Waals surface area (Å²) in [6, 6.07) is 10.4. The highest BCUT2D eigenvalue weighted by molar-refractivity contribution is 5.13. The molecule has 2 nitrogen and oxygen atoms in total. The van der Waals surface area contributed by atoms with Gasteiger partial charge in [0.1, 0.15) is 13.1 Å². The molecule has 96 valence electrons. The molecule has 0 aromatic heterocycles. The van der Waals surface area contributed by atoms with E-state index in [1.54, 1.807) is 0 Å². The third kappa shape index (κ3) is 3.44. The van der Waals surface area contributed by atoms with Crippen molar-refractivity contribution in [3.63, 3.8) is 0 Å². The van der Waals surface area contributed by atoms with Crippen LogP contribution < -0.4 is 12.4 Å². The maximum atomic E-state index is 5.91. The van der Waals surface area contributed by atoms with Gasteiger partial charge in [0.25, 0.3) is 0 Å². The van der Waals surface area contributed by atoms with E-state index >= 15 is 0 Å². The van der Waals surface area contributed by atoms with Gasteiger partial charge in [-0.1, -0.05) is 30.3 Å². The molecule has 1 aliphatic rings. The number of nitrogens with zero attached hydrogens (tertiary/aromatic N) is 1. The molecule has 1 heterocycles. The molecular formula is C14H22ClNO. The molecule has 0 radical (unpaired) electrons. The van der Waals surface area contributed by atoms with Gasteiger partial charge >= 0.3 is 0 Å². The topological polar surface area (TPSA) is 9.23 Å². The summed E-state index contributed by atoms with van der Waals surface area (Å²) in [5, 5.41) is 0. The Morgan fingerprint density at radius 1 is 1.12 bits per heavy atom. The standard InChI is InChI=1S/C14H22NO.ClH/c1-3-15(4-2)10-14(11-15)16-12-13-8-6-5-7-9-13;/h5-9,14H,3-4,10-12H2,1-2H3;1H/q+1;/p-1. The number of rotatable bonds is 5. The Morgan fingerprint density at radius 3 is 2.24 bits per heavy atom. The summed E-state index contributed by atoms with van der Waals surface area (Å²) < 4.78 is 7.14. The minimum absolute atomic E-state index is 0. The molecule has 1 saturated heterocycles. The summed E-state index contributed by atoms with van der Waals surface area (Å²) >= 11 is 0. The molecule has 0 amide bonds. The largest absolute Gasteiger partial charge is 1.00 e. The van der Waals surface area contributed by atoms with Gasteiger partial charge in [-0.05, 0) is 19.4 Å². The van der Waals surface area contributed by atoms with Gasteiger partial charge in [0, 0.05) is 0 Å². The molecule has 0 spiro atoms. The zero-order valence-electron chi connectivity index (χ0n) is 10.7. The number of quaternary nitrogens is 1. The monoisotopic (exact) mass is 255 g/mol. The van der Waals surface area contributed by atoms with Crippen molar-refractivity contribution >= 4 is 0 Å². The van der Waals surface area contributed by atoms with Gasteiger partial charge in [0.2, 0.25) is 0 Å². The van der Waals surface area contributed by atoms with Crippen molar-refractivity contribution in [1.29, 1.82) is 0 Å². The number of hydrogen-bond acceptors (Lipinski definition) is 1. The van der Waals surface area contributed by atoms with Crippen LogP contribution in [-0.4, -0.2) is 36.8 Å². The van der Waals surface area contributed by atoms with Crippen molar-refractivity contribution in [3.8, 4) is 0 Å². The fourth-order valence-electron chi connectivity index (χ4n) is 2.44. The van der Waals surface area contributed by atoms with Crippen molar-refractivity contribution in [2.75, 3.05) is 26.2 Å². The first kappa shape index (κ1) is 14.5. The van der Waals surface area contributed by atoms with Crippen LogP contribution in [0.15, 0.2) is 30.3 Å². The number of likely N-dealkylation sites (N-methyl/N-ethyl adjacent to an activating group) is 1. The number of benzene rings is 1. The predicted molar refractivity (Wildman–Crippen MR) is 66.1 cm³/mol. The molecule has 0 unspecified atom stereocenters. The van der Waals surface area contributed by atoms with Crippen LogP contribution in [0.3, 0.4) is 0 Å². The van der Waals surface area contributed by atoms with Crippen LogP contribution in [0.4, 0.5) is 0 Å². The van der Waals surface area contributed by atoms with Crippen LogP contribution in [-0.2, 0) is 11.3 Å². The van der Waals surface area contributed by atoms with Gasteiger partial charge in [-0.2, -0.15) is 0 Å². The molecule has 0 bridgehead atoms. The van der Waals surface area contributed by atoms with Crippen LogP contribution in [0.1, 0.15) is 19.4 Å². The number of likely N-dealkylation sites (tertiary alicyclic amines) is 1. The van der Waals surface area contributed by atoms with Crippen molar-refractivity contribution in [2.45, 2.75) is 26.6 Å². The van der Waals surface area contributed by atoms with E-state index in [-0.39, 0.29) is 12.4 Å². The summed E-state index contributed by atoms with van der Waals surface area (Å²) in [6.07, 6.45) is 0.472. The minimum atomic E-state index is 0. The van der Waals surface area contributed by atoms with Crippen molar-refractivity contribution in [3.05, 3.63) is 35.9 Å². The molecule has 1 aliphatic heterocycles. The number of halogens is 1. The Morgan fingerprint density at radius 2 is 1.71 bits per heavy atom. The quantitative estimate of drug-likeness (QED) is 0.642. The highest BCUT2D eigenvalue weighted by Gasteiger charge is 2.41. The molecule has 1 fully saturated rings. The summed E-state index contributed by atoms with van der Waals surface area (Å²) in [6.45, 7) is 10.2. The Balaban J connectivity index is 0.00000144. The first-order valence-electron chi connectivity index (χ1n) is 6.28. The molecule has 3 heteroatoms. The Labute approximate surface area is 111 Å². The van der Waals surface area contributed by atoms with Crippen LogP contribution >= 0.6 is 0 Å². The third-order valence-electron chi connectivity index (χ3n) is 3.85. The zero-order valence-corrected chi connectivity index (χ0v) is 11.5. The highest BCUT2D eigenvalue weighted by Crippen LogP contribution is 2.23. The van der Waals surface area contributed by atoms with Crippen molar-refractivity contribution in [2.24, 2.45) is 0 Å². The molecule has 2 rings (SSSR count). The van der Waals surface area contributed by atoms with E-state index in [9.17, 15) is 0 Å². The zero-order chi connectivity index (χ0) is 11.4. The average Bonchev–Trinajstić information content (AvgIpc) is 2.30. The second kappa shape index (κ2) is 6.39. The van der Waals surface area contributed by atoms with E-state index in [1.807, 2.05) is 6.07 Å². The van der Waals surface area contributed by atoms with E-state index in [0.717, 1.165) is 6.61 Å². The van der Waals surface area contributed by atoms with Gasteiger partial charge < -0.3 is 21.6 Å². The molecule has 1 aromatic rings. The highest BCUT2D eigenvalue weighted by atomic mass is 35.5. The van der Waals surface area contributed by atoms with Gasteiger partial charge in [-0.15, -0.1) is 0 Å². The fourth-order valence-corrected chi connectivity index (χ4v) is 2.44. The van der Waals surface area contributed by atoms with E-state index in [2.05, 4.69) is 38.1 Å². The Hall–Kier alpha value is -0.570. The number of hydrogen-bond donors (Lipinski definition) is 0. The van der Waals surface area contributed by atoms with Crippen LogP contribution in [0, 0.1) is 0 Å². The molecule has 17 heavy (non-hydrogen) atoms. The lowest BCUT2D eigenvalue weighted by Gasteiger charge is -2.49. The second-order valence-corrected chi connectivity index (χ2v) is 4.76. The normalized spacial score (nSPS) is 18.2. The van der Waals surface area contributed by atoms with Crippen LogP contribution in [0.5, 0.6) is 0 Å². The smallest absolute Gasteiger partial charge is 0.155 e. The predicted octanol–water partition coefficient (Wildman–Crippen LogP) is -0.554. The van der Waals surface area contributed by atoms with Gasteiger partial charge in [0.05, 0.1) is 19.7 Å². The minimum Gasteiger partial charge on any atom is -1.00 e. The van der Waals surface area contributed by atoms with Gasteiger partial charge in [-0.3, -0.25) is 0 Å². The molecule has 0 aliphatic carbocycles. The van der Waals surface area contributed by atoms with Gasteiger partial charge in [0.15, 0.2) is 6.10 Å². The van der Waals surface area contributed by atoms with E-state index in [0.29, 0.717) is 6.10 Å². The lowest BCUT2D eigenvalue weighted by molar-refractivity contribution is -0.969. The van der Waals surface area contributed by atoms with Gasteiger partial charge in [-0.25, -0.2) is 0 Å². The lowest BCUT2D eigenvalue weighted by Crippen LogP contribution is -3.00. The number of ether oxygens (including phenoxy) is 1. The molecule has 0 atom stereocenters. The lowest BCUT2D eigenvalue weighted by atomic mass is 10.1. The summed E-state index contributed by atoms with van der Waals surface area (Å²) in [7, 11) is 0. The van der Waals surface area contributed by atoms with Crippen molar-refractivity contribution < 1.29 is 21.6 Å². The van der Waals surface area contributed by atoms with E-state index in [1.165, 1.54) is 36.2 Å². The molecule has 1 aromatic carbocycles. The molecule has 0 N–H and O–H groups in total. The summed E-state index contributed by atoms with van der Waals surface area (Å²) in [5.74, 6) is 0. The third-order valence-corrected chi connectivity index (χ3v) is 3.85. The second-order valence-electron chi connectivity index (χ2n) is 4.76. The average molecular weight is 256 g/mol. The van der Waals surface area contributed by atoms with Crippen LogP contribution in [0.25, 0.3) is 0 Å². The maximum absolute atomic E-state index is 5.91. The molecular weight excluding hydrogens is 234 g/mol. The Kier molecular flexibility index (Phi) is 5.44. The summed E-state index contributed by atoms with van der Waals surface area (Å²) in [4.78, 5) is 0. The first-order chi connectivity index (χ1) is 7.78. The fraction of sp³-hybridized carbons (Fsp3) is 0.571. The molecule has 0 saturated carbocycles. The Bertz CT molecular complexity index is 316.